The van der Waals surface area contributed by atoms with Crippen molar-refractivity contribution in [3.63, 3.8) is 0 Å². The molecule has 0 aliphatic heterocycles. The van der Waals surface area contributed by atoms with Gasteiger partial charge in [-0.1, -0.05) is 50.6 Å². The number of aliphatic hydroxyl groups excluding tert-OH is 1. The molecule has 5 atom stereocenters. The molecule has 0 saturated carbocycles. The fourth-order valence-corrected chi connectivity index (χ4v) is 2.70. The largest absolute Gasteiger partial charge is 0.480 e. The maximum Gasteiger partial charge on any atom is 0.326 e. The van der Waals surface area contributed by atoms with E-state index < -0.39 is 54.5 Å². The van der Waals surface area contributed by atoms with Crippen LogP contribution in [0.15, 0.2) is 30.3 Å². The molecule has 0 heterocycles. The van der Waals surface area contributed by atoms with Crippen molar-refractivity contribution in [2.24, 2.45) is 11.7 Å². The van der Waals surface area contributed by atoms with Gasteiger partial charge in [-0.2, -0.15) is 0 Å². The van der Waals surface area contributed by atoms with Crippen molar-refractivity contribution < 1.29 is 29.4 Å². The highest BCUT2D eigenvalue weighted by molar-refractivity contribution is 5.94. The van der Waals surface area contributed by atoms with Crippen LogP contribution in [0.4, 0.5) is 0 Å². The summed E-state index contributed by atoms with van der Waals surface area (Å²) in [6, 6.07) is 4.30. The van der Waals surface area contributed by atoms with E-state index in [-0.39, 0.29) is 12.3 Å². The van der Waals surface area contributed by atoms with Gasteiger partial charge in [0.2, 0.25) is 17.7 Å². The zero-order chi connectivity index (χ0) is 23.6. The number of hydrogen-bond acceptors (Lipinski definition) is 6. The summed E-state index contributed by atoms with van der Waals surface area (Å²) in [6.07, 6.45) is 0.726. The third-order valence-electron chi connectivity index (χ3n) is 5.02. The predicted octanol–water partition coefficient (Wildman–Crippen LogP) is -0.846. The van der Waals surface area contributed by atoms with Crippen molar-refractivity contribution in [3.05, 3.63) is 35.9 Å². The summed E-state index contributed by atoms with van der Waals surface area (Å²) in [6.45, 7) is 4.37. The van der Waals surface area contributed by atoms with E-state index in [0.717, 1.165) is 0 Å². The molecule has 1 aromatic carbocycles. The fraction of sp³-hybridized carbons (Fsp3) is 0.524. The molecule has 3 amide bonds. The number of benzene rings is 1. The minimum absolute atomic E-state index is 0.0357. The minimum Gasteiger partial charge on any atom is -0.480 e. The number of hydrogen-bond donors (Lipinski definition) is 6. The van der Waals surface area contributed by atoms with E-state index in [1.807, 2.05) is 13.8 Å². The van der Waals surface area contributed by atoms with Crippen LogP contribution in [0.25, 0.3) is 0 Å². The average Bonchev–Trinajstić information content (AvgIpc) is 2.75. The second kappa shape index (κ2) is 12.7. The number of aliphatic carboxylic acids is 1. The quantitative estimate of drug-likeness (QED) is 0.248. The molecule has 5 unspecified atom stereocenters. The third kappa shape index (κ3) is 8.35. The van der Waals surface area contributed by atoms with Crippen molar-refractivity contribution in [3.8, 4) is 0 Å². The first kappa shape index (κ1) is 26.1. The molecule has 1 aromatic rings. The monoisotopic (exact) mass is 436 g/mol. The molecule has 10 nitrogen and oxygen atoms in total. The summed E-state index contributed by atoms with van der Waals surface area (Å²) in [5, 5.41) is 26.0. The van der Waals surface area contributed by atoms with E-state index in [2.05, 4.69) is 16.0 Å². The van der Waals surface area contributed by atoms with Gasteiger partial charge in [0.1, 0.15) is 18.1 Å². The van der Waals surface area contributed by atoms with Gasteiger partial charge in [0.25, 0.3) is 0 Å². The molecule has 0 aliphatic rings. The highest BCUT2D eigenvalue weighted by Crippen LogP contribution is 2.06. The highest BCUT2D eigenvalue weighted by Gasteiger charge is 2.29. The van der Waals surface area contributed by atoms with Crippen LogP contribution in [0, 0.1) is 5.92 Å². The van der Waals surface area contributed by atoms with E-state index in [0.29, 0.717) is 12.0 Å². The van der Waals surface area contributed by atoms with E-state index in [1.165, 1.54) is 6.92 Å². The lowest BCUT2D eigenvalue weighted by molar-refractivity contribution is -0.142. The second-order valence-electron chi connectivity index (χ2n) is 7.47. The Bertz CT molecular complexity index is 757. The highest BCUT2D eigenvalue weighted by atomic mass is 16.4. The van der Waals surface area contributed by atoms with Crippen LogP contribution in [0.5, 0.6) is 0 Å². The zero-order valence-electron chi connectivity index (χ0n) is 18.0. The molecule has 172 valence electrons. The van der Waals surface area contributed by atoms with Gasteiger partial charge in [0.05, 0.1) is 12.6 Å². The molecule has 0 saturated heterocycles. The summed E-state index contributed by atoms with van der Waals surface area (Å²) in [5.74, 6) is -3.40. The smallest absolute Gasteiger partial charge is 0.326 e. The number of nitrogens with one attached hydrogen (secondary N) is 3. The zero-order valence-corrected chi connectivity index (χ0v) is 18.0. The first-order chi connectivity index (χ1) is 14.6. The van der Waals surface area contributed by atoms with Crippen LogP contribution in [0.1, 0.15) is 32.8 Å². The molecular weight excluding hydrogens is 404 g/mol. The Morgan fingerprint density at radius 3 is 2.03 bits per heavy atom. The van der Waals surface area contributed by atoms with Crippen LogP contribution in [0.2, 0.25) is 0 Å². The first-order valence-electron chi connectivity index (χ1n) is 10.1. The predicted molar refractivity (Wildman–Crippen MR) is 114 cm³/mol. The van der Waals surface area contributed by atoms with Gasteiger partial charge in [0.15, 0.2) is 0 Å². The van der Waals surface area contributed by atoms with Gasteiger partial charge in [-0.05, 0) is 18.4 Å². The van der Waals surface area contributed by atoms with Crippen LogP contribution in [-0.4, -0.2) is 64.7 Å². The molecular formula is C21H32N4O6. The molecule has 0 aromatic heterocycles. The Balaban J connectivity index is 2.70. The SMILES string of the molecule is CCC(C)C(N)C(=O)NC(C)C(=O)NC(CO)C(=O)NC(Cc1ccccc1)C(=O)O. The van der Waals surface area contributed by atoms with Gasteiger partial charge < -0.3 is 31.9 Å². The number of carbonyl (C=O) groups excluding carboxylic acids is 3. The number of amides is 3. The number of rotatable bonds is 12. The van der Waals surface area contributed by atoms with Gasteiger partial charge in [-0.3, -0.25) is 14.4 Å². The lowest BCUT2D eigenvalue weighted by Crippen LogP contribution is -2.58. The van der Waals surface area contributed by atoms with Gasteiger partial charge in [-0.25, -0.2) is 4.79 Å². The van der Waals surface area contributed by atoms with Gasteiger partial charge in [0, 0.05) is 6.42 Å². The molecule has 31 heavy (non-hydrogen) atoms. The molecule has 0 radical (unpaired) electrons. The van der Waals surface area contributed by atoms with E-state index >= 15 is 0 Å². The van der Waals surface area contributed by atoms with E-state index in [4.69, 9.17) is 5.73 Å². The third-order valence-corrected chi connectivity index (χ3v) is 5.02. The maximum atomic E-state index is 12.4. The van der Waals surface area contributed by atoms with E-state index in [1.54, 1.807) is 30.3 Å². The standard InChI is InChI=1S/C21H32N4O6/c1-4-12(2)17(22)20(29)23-13(3)18(27)25-16(11-26)19(28)24-15(21(30)31)10-14-8-6-5-7-9-14/h5-9,12-13,15-17,26H,4,10-11,22H2,1-3H3,(H,23,29)(H,24,28)(H,25,27)(H,30,31). The molecule has 10 heteroatoms. The van der Waals surface area contributed by atoms with Crippen LogP contribution in [-0.2, 0) is 25.6 Å². The topological polar surface area (TPSA) is 171 Å². The molecule has 0 bridgehead atoms. The van der Waals surface area contributed by atoms with E-state index in [9.17, 15) is 29.4 Å². The summed E-state index contributed by atoms with van der Waals surface area (Å²) in [5.41, 5.74) is 6.54. The van der Waals surface area contributed by atoms with Crippen molar-refractivity contribution in [1.29, 1.82) is 0 Å². The fourth-order valence-electron chi connectivity index (χ4n) is 2.70. The van der Waals surface area contributed by atoms with Crippen LogP contribution >= 0.6 is 0 Å². The maximum absolute atomic E-state index is 12.4. The first-order valence-corrected chi connectivity index (χ1v) is 10.1. The average molecular weight is 437 g/mol. The summed E-state index contributed by atoms with van der Waals surface area (Å²) < 4.78 is 0. The van der Waals surface area contributed by atoms with Crippen LogP contribution < -0.4 is 21.7 Å². The molecule has 0 fully saturated rings. The van der Waals surface area contributed by atoms with Gasteiger partial charge in [-0.15, -0.1) is 0 Å². The molecule has 1 rings (SSSR count). The van der Waals surface area contributed by atoms with Crippen molar-refractivity contribution in [2.75, 3.05) is 6.61 Å². The summed E-state index contributed by atoms with van der Waals surface area (Å²) in [4.78, 5) is 48.4. The summed E-state index contributed by atoms with van der Waals surface area (Å²) in [7, 11) is 0. The molecule has 7 N–H and O–H groups in total. The normalized spacial score (nSPS) is 15.6. The Labute approximate surface area is 181 Å². The van der Waals surface area contributed by atoms with Crippen LogP contribution in [0.3, 0.4) is 0 Å². The lowest BCUT2D eigenvalue weighted by atomic mass is 9.99. The second-order valence-corrected chi connectivity index (χ2v) is 7.47. The molecule has 0 aliphatic carbocycles. The van der Waals surface area contributed by atoms with Crippen molar-refractivity contribution in [1.82, 2.24) is 16.0 Å². The number of carbonyl (C=O) groups is 4. The minimum atomic E-state index is -1.38. The van der Waals surface area contributed by atoms with Gasteiger partial charge >= 0.3 is 5.97 Å². The van der Waals surface area contributed by atoms with Crippen molar-refractivity contribution >= 4 is 23.7 Å². The Morgan fingerprint density at radius 1 is 0.935 bits per heavy atom. The Hall–Kier alpha value is -2.98. The number of nitrogens with two attached hydrogens (primary N) is 1. The van der Waals surface area contributed by atoms with Crippen molar-refractivity contribution in [2.45, 2.75) is 57.8 Å². The number of carboxylic acids is 1. The summed E-state index contributed by atoms with van der Waals surface area (Å²) >= 11 is 0. The lowest BCUT2D eigenvalue weighted by Gasteiger charge is -2.23. The Kier molecular flexibility index (Phi) is 10.6. The Morgan fingerprint density at radius 2 is 1.52 bits per heavy atom. The molecule has 0 spiro atoms. The number of carboxylic acid groups (broad SMARTS) is 1. The number of aliphatic hydroxyl groups is 1.